The summed E-state index contributed by atoms with van der Waals surface area (Å²) in [4.78, 5) is 25.0. The van der Waals surface area contributed by atoms with E-state index in [9.17, 15) is 14.7 Å². The van der Waals surface area contributed by atoms with Crippen molar-refractivity contribution >= 4 is 18.0 Å². The van der Waals surface area contributed by atoms with E-state index in [1.807, 2.05) is 45.9 Å². The largest absolute Gasteiger partial charge is 0.504 e. The quantitative estimate of drug-likeness (QED) is 0.251. The summed E-state index contributed by atoms with van der Waals surface area (Å²) in [7, 11) is 0. The van der Waals surface area contributed by atoms with Crippen LogP contribution in [0.15, 0.2) is 54.2 Å². The summed E-state index contributed by atoms with van der Waals surface area (Å²) in [6.45, 7) is 11.2. The predicted molar refractivity (Wildman–Crippen MR) is 132 cm³/mol. The van der Waals surface area contributed by atoms with E-state index in [-0.39, 0.29) is 18.3 Å². The Kier molecular flexibility index (Phi) is 10.1. The number of rotatable bonds is 12. The van der Waals surface area contributed by atoms with Gasteiger partial charge in [0, 0.05) is 5.56 Å². The minimum atomic E-state index is -0.791. The molecular formula is C26H33N3O5. The number of amides is 2. The van der Waals surface area contributed by atoms with Crippen LogP contribution in [0.25, 0.3) is 0 Å². The highest BCUT2D eigenvalue weighted by molar-refractivity contribution is 5.89. The lowest BCUT2D eigenvalue weighted by Crippen LogP contribution is -2.49. The van der Waals surface area contributed by atoms with Gasteiger partial charge in [-0.3, -0.25) is 9.59 Å². The molecule has 2 rings (SSSR count). The number of carbonyl (C=O) groups is 2. The molecule has 0 aromatic heterocycles. The zero-order chi connectivity index (χ0) is 25.1. The Balaban J connectivity index is 2.02. The van der Waals surface area contributed by atoms with Crippen LogP contribution in [-0.2, 0) is 16.0 Å². The Hall–Kier alpha value is -3.81. The molecule has 1 atom stereocenters. The van der Waals surface area contributed by atoms with Crippen LogP contribution in [0, 0.1) is 12.8 Å². The van der Waals surface area contributed by atoms with Gasteiger partial charge < -0.3 is 19.9 Å². The summed E-state index contributed by atoms with van der Waals surface area (Å²) in [6.07, 6.45) is 3.57. The van der Waals surface area contributed by atoms with Gasteiger partial charge in [-0.25, -0.2) is 5.43 Å². The maximum Gasteiger partial charge on any atom is 0.262 e. The van der Waals surface area contributed by atoms with E-state index in [0.29, 0.717) is 35.7 Å². The molecule has 0 saturated heterocycles. The van der Waals surface area contributed by atoms with Crippen LogP contribution in [0.4, 0.5) is 0 Å². The summed E-state index contributed by atoms with van der Waals surface area (Å²) >= 11 is 0. The Labute approximate surface area is 200 Å². The van der Waals surface area contributed by atoms with Gasteiger partial charge in [-0.2, -0.15) is 5.10 Å². The number of hydrazone groups is 1. The highest BCUT2D eigenvalue weighted by atomic mass is 16.5. The second-order valence-corrected chi connectivity index (χ2v) is 8.03. The molecule has 0 unspecified atom stereocenters. The molecule has 0 aliphatic heterocycles. The maximum absolute atomic E-state index is 12.7. The molecule has 2 aromatic carbocycles. The van der Waals surface area contributed by atoms with Crippen molar-refractivity contribution in [2.45, 2.75) is 40.2 Å². The van der Waals surface area contributed by atoms with Crippen LogP contribution < -0.4 is 20.2 Å². The average Bonchev–Trinajstić information content (AvgIpc) is 2.79. The second-order valence-electron chi connectivity index (χ2n) is 8.03. The summed E-state index contributed by atoms with van der Waals surface area (Å²) in [6, 6.07) is 9.96. The van der Waals surface area contributed by atoms with Crippen LogP contribution in [0.5, 0.6) is 17.2 Å². The molecule has 0 fully saturated rings. The predicted octanol–water partition coefficient (Wildman–Crippen LogP) is 3.50. The van der Waals surface area contributed by atoms with Gasteiger partial charge in [0.25, 0.3) is 11.8 Å². The van der Waals surface area contributed by atoms with Gasteiger partial charge in [0.2, 0.25) is 0 Å². The van der Waals surface area contributed by atoms with Gasteiger partial charge in [0.1, 0.15) is 11.8 Å². The fourth-order valence-electron chi connectivity index (χ4n) is 3.19. The number of nitrogens with one attached hydrogen (secondary N) is 2. The molecule has 0 saturated carbocycles. The first-order valence-electron chi connectivity index (χ1n) is 11.2. The highest BCUT2D eigenvalue weighted by Crippen LogP contribution is 2.32. The van der Waals surface area contributed by atoms with Crippen LogP contribution in [0.1, 0.15) is 37.5 Å². The third kappa shape index (κ3) is 7.65. The number of phenols is 1. The van der Waals surface area contributed by atoms with Crippen LogP contribution >= 0.6 is 0 Å². The number of hydrogen-bond donors (Lipinski definition) is 3. The van der Waals surface area contributed by atoms with E-state index in [2.05, 4.69) is 22.4 Å². The summed E-state index contributed by atoms with van der Waals surface area (Å²) in [5.74, 6) is -0.0336. The molecule has 2 amide bonds. The first-order valence-corrected chi connectivity index (χ1v) is 11.2. The first-order chi connectivity index (χ1) is 16.3. The standard InChI is InChI=1S/C26H33N3O5/c1-6-10-20-13-19(14-22(25(20)31)33-7-2)15-27-29-26(32)24(17(3)4)28-23(30)16-34-21-12-9-8-11-18(21)5/h6,8-9,11-15,17,24,31H,1,7,10,16H2,2-5H3,(H,28,30)(H,29,32)/t24-/m1/s1. The Bertz CT molecular complexity index is 1030. The van der Waals surface area contributed by atoms with E-state index in [1.165, 1.54) is 6.21 Å². The van der Waals surface area contributed by atoms with Crippen molar-refractivity contribution in [3.63, 3.8) is 0 Å². The lowest BCUT2D eigenvalue weighted by atomic mass is 10.0. The van der Waals surface area contributed by atoms with Crippen molar-refractivity contribution in [3.05, 3.63) is 65.7 Å². The second kappa shape index (κ2) is 13.0. The normalized spacial score (nSPS) is 11.8. The molecule has 0 aliphatic rings. The minimum Gasteiger partial charge on any atom is -0.504 e. The SMILES string of the molecule is C=CCc1cc(C=NNC(=O)[C@H](NC(=O)COc2ccccc2C)C(C)C)cc(OCC)c1O. The fourth-order valence-corrected chi connectivity index (χ4v) is 3.19. The number of ether oxygens (including phenoxy) is 2. The number of aromatic hydroxyl groups is 1. The maximum atomic E-state index is 12.7. The van der Waals surface area contributed by atoms with E-state index >= 15 is 0 Å². The van der Waals surface area contributed by atoms with Crippen molar-refractivity contribution in [3.8, 4) is 17.2 Å². The summed E-state index contributed by atoms with van der Waals surface area (Å²) < 4.78 is 11.0. The van der Waals surface area contributed by atoms with E-state index in [0.717, 1.165) is 5.56 Å². The zero-order valence-electron chi connectivity index (χ0n) is 20.1. The molecule has 0 aliphatic carbocycles. The van der Waals surface area contributed by atoms with Crippen molar-refractivity contribution < 1.29 is 24.2 Å². The highest BCUT2D eigenvalue weighted by Gasteiger charge is 2.24. The molecular weight excluding hydrogens is 434 g/mol. The molecule has 8 nitrogen and oxygen atoms in total. The van der Waals surface area contributed by atoms with Crippen LogP contribution in [0.2, 0.25) is 0 Å². The number of phenolic OH excluding ortho intramolecular Hbond substituents is 1. The molecule has 0 heterocycles. The number of para-hydroxylation sites is 1. The Morgan fingerprint density at radius 3 is 2.56 bits per heavy atom. The zero-order valence-corrected chi connectivity index (χ0v) is 20.1. The number of nitrogens with zero attached hydrogens (tertiary/aromatic N) is 1. The molecule has 182 valence electrons. The molecule has 0 spiro atoms. The Morgan fingerprint density at radius 2 is 1.91 bits per heavy atom. The smallest absolute Gasteiger partial charge is 0.262 e. The van der Waals surface area contributed by atoms with E-state index < -0.39 is 17.9 Å². The van der Waals surface area contributed by atoms with Crippen molar-refractivity contribution in [2.24, 2.45) is 11.0 Å². The van der Waals surface area contributed by atoms with Crippen LogP contribution in [0.3, 0.4) is 0 Å². The van der Waals surface area contributed by atoms with Gasteiger partial charge in [-0.05, 0) is 55.5 Å². The van der Waals surface area contributed by atoms with Gasteiger partial charge >= 0.3 is 0 Å². The molecule has 0 bridgehead atoms. The van der Waals surface area contributed by atoms with E-state index in [1.54, 1.807) is 24.3 Å². The molecule has 2 aromatic rings. The van der Waals surface area contributed by atoms with Gasteiger partial charge in [0.15, 0.2) is 18.1 Å². The third-order valence-corrected chi connectivity index (χ3v) is 4.95. The summed E-state index contributed by atoms with van der Waals surface area (Å²) in [5.41, 5.74) is 4.66. The Morgan fingerprint density at radius 1 is 1.18 bits per heavy atom. The van der Waals surface area contributed by atoms with Crippen molar-refractivity contribution in [2.75, 3.05) is 13.2 Å². The lowest BCUT2D eigenvalue weighted by Gasteiger charge is -2.20. The average molecular weight is 468 g/mol. The lowest BCUT2D eigenvalue weighted by molar-refractivity contribution is -0.131. The number of allylic oxidation sites excluding steroid dienone is 1. The molecule has 8 heteroatoms. The van der Waals surface area contributed by atoms with Gasteiger partial charge in [-0.1, -0.05) is 38.1 Å². The number of benzene rings is 2. The first kappa shape index (κ1) is 26.4. The summed E-state index contributed by atoms with van der Waals surface area (Å²) in [5, 5.41) is 17.0. The van der Waals surface area contributed by atoms with Crippen molar-refractivity contribution in [1.82, 2.24) is 10.7 Å². The number of aryl methyl sites for hydroxylation is 1. The fraction of sp³-hybridized carbons (Fsp3) is 0.346. The molecule has 34 heavy (non-hydrogen) atoms. The van der Waals surface area contributed by atoms with E-state index in [4.69, 9.17) is 9.47 Å². The topological polar surface area (TPSA) is 109 Å². The third-order valence-electron chi connectivity index (χ3n) is 4.95. The van der Waals surface area contributed by atoms with Crippen LogP contribution in [-0.4, -0.2) is 42.4 Å². The van der Waals surface area contributed by atoms with Gasteiger partial charge in [-0.15, -0.1) is 6.58 Å². The monoisotopic (exact) mass is 467 g/mol. The minimum absolute atomic E-state index is 0.0541. The number of carbonyl (C=O) groups excluding carboxylic acids is 2. The molecule has 0 radical (unpaired) electrons. The molecule has 3 N–H and O–H groups in total. The van der Waals surface area contributed by atoms with Gasteiger partial charge in [0.05, 0.1) is 12.8 Å². The number of hydrogen-bond acceptors (Lipinski definition) is 6. The van der Waals surface area contributed by atoms with Crippen molar-refractivity contribution in [1.29, 1.82) is 0 Å².